The second-order valence-corrected chi connectivity index (χ2v) is 10.7. The molecular weight excluding hydrogens is 442 g/mol. The second kappa shape index (κ2) is 16.4. The average Bonchev–Trinajstić information content (AvgIpc) is 2.88. The molecule has 0 atom stereocenters. The predicted molar refractivity (Wildman–Crippen MR) is 155 cm³/mol. The topological polar surface area (TPSA) is 29.5 Å². The van der Waals surface area contributed by atoms with Gasteiger partial charge in [-0.25, -0.2) is 4.79 Å². The van der Waals surface area contributed by atoms with Gasteiger partial charge in [-0.2, -0.15) is 0 Å². The molecule has 0 aliphatic carbocycles. The Balaban J connectivity index is 1.17. The van der Waals surface area contributed by atoms with E-state index in [2.05, 4.69) is 49.3 Å². The van der Waals surface area contributed by atoms with E-state index >= 15 is 0 Å². The fraction of sp³-hybridized carbons (Fsp3) is 0.545. The summed E-state index contributed by atoms with van der Waals surface area (Å²) in [4.78, 5) is 14.8. The van der Waals surface area contributed by atoms with Gasteiger partial charge in [0.15, 0.2) is 0 Å². The quantitative estimate of drug-likeness (QED) is 0.101. The molecule has 0 N–H and O–H groups in total. The molecular formula is C33H47NO2. The summed E-state index contributed by atoms with van der Waals surface area (Å²) in [6, 6.07) is 18.5. The van der Waals surface area contributed by atoms with E-state index in [0.717, 1.165) is 23.6 Å². The number of carbonyl (C=O) groups is 1. The Bertz CT molecular complexity index is 1040. The van der Waals surface area contributed by atoms with Gasteiger partial charge in [0.25, 0.3) is 0 Å². The van der Waals surface area contributed by atoms with Gasteiger partial charge >= 0.3 is 5.97 Å². The molecule has 3 nitrogen and oxygen atoms in total. The van der Waals surface area contributed by atoms with Crippen molar-refractivity contribution in [1.29, 1.82) is 0 Å². The largest absolute Gasteiger partial charge is 0.462 e. The first-order valence-corrected chi connectivity index (χ1v) is 14.4. The Morgan fingerprint density at radius 1 is 0.583 bits per heavy atom. The fourth-order valence-corrected chi connectivity index (χ4v) is 4.97. The first-order valence-electron chi connectivity index (χ1n) is 14.4. The molecule has 196 valence electrons. The van der Waals surface area contributed by atoms with E-state index in [-0.39, 0.29) is 5.97 Å². The van der Waals surface area contributed by atoms with Crippen LogP contribution in [0.25, 0.3) is 21.5 Å². The molecule has 0 aliphatic rings. The van der Waals surface area contributed by atoms with Crippen molar-refractivity contribution in [2.45, 2.75) is 89.9 Å². The number of carbonyl (C=O) groups excluding carboxylic acids is 1. The SMILES string of the molecule is CN(C)CCCCCCCCCCCCCCCCOC(=O)c1ccc2cc3ccccc3cc2c1. The average molecular weight is 490 g/mol. The van der Waals surface area contributed by atoms with E-state index in [1.54, 1.807) is 0 Å². The van der Waals surface area contributed by atoms with Crippen molar-refractivity contribution in [2.75, 3.05) is 27.2 Å². The van der Waals surface area contributed by atoms with Gasteiger partial charge in [-0.3, -0.25) is 0 Å². The molecule has 0 saturated carbocycles. The lowest BCUT2D eigenvalue weighted by molar-refractivity contribution is 0.0498. The lowest BCUT2D eigenvalue weighted by atomic mass is 10.0. The lowest BCUT2D eigenvalue weighted by Gasteiger charge is -2.08. The number of benzene rings is 3. The highest BCUT2D eigenvalue weighted by Crippen LogP contribution is 2.24. The van der Waals surface area contributed by atoms with Crippen molar-refractivity contribution < 1.29 is 9.53 Å². The number of rotatable bonds is 18. The first-order chi connectivity index (χ1) is 17.6. The molecule has 3 aromatic rings. The van der Waals surface area contributed by atoms with Gasteiger partial charge in [0, 0.05) is 0 Å². The van der Waals surface area contributed by atoms with Crippen LogP contribution in [0.2, 0.25) is 0 Å². The van der Waals surface area contributed by atoms with Gasteiger partial charge < -0.3 is 9.64 Å². The number of ether oxygens (including phenoxy) is 1. The van der Waals surface area contributed by atoms with Crippen LogP contribution in [0.3, 0.4) is 0 Å². The van der Waals surface area contributed by atoms with Crippen molar-refractivity contribution in [3.05, 3.63) is 60.2 Å². The summed E-state index contributed by atoms with van der Waals surface area (Å²) in [6.45, 7) is 1.75. The number of nitrogens with zero attached hydrogens (tertiary/aromatic N) is 1. The van der Waals surface area contributed by atoms with Crippen molar-refractivity contribution in [3.8, 4) is 0 Å². The lowest BCUT2D eigenvalue weighted by Crippen LogP contribution is -2.12. The molecule has 0 heterocycles. The number of hydrogen-bond acceptors (Lipinski definition) is 3. The minimum atomic E-state index is -0.210. The minimum absolute atomic E-state index is 0.210. The number of unbranched alkanes of at least 4 members (excludes halogenated alkanes) is 13. The third kappa shape index (κ3) is 10.3. The monoisotopic (exact) mass is 489 g/mol. The number of fused-ring (bicyclic) bond motifs is 2. The van der Waals surface area contributed by atoms with Crippen LogP contribution in [0.15, 0.2) is 54.6 Å². The van der Waals surface area contributed by atoms with Crippen molar-refractivity contribution in [3.63, 3.8) is 0 Å². The second-order valence-electron chi connectivity index (χ2n) is 10.7. The Labute approximate surface area is 219 Å². The van der Waals surface area contributed by atoms with Crippen molar-refractivity contribution in [1.82, 2.24) is 4.90 Å². The van der Waals surface area contributed by atoms with E-state index in [1.165, 1.54) is 94.4 Å². The minimum Gasteiger partial charge on any atom is -0.462 e. The summed E-state index contributed by atoms with van der Waals surface area (Å²) >= 11 is 0. The molecule has 0 radical (unpaired) electrons. The molecule has 0 spiro atoms. The van der Waals surface area contributed by atoms with E-state index in [9.17, 15) is 4.79 Å². The Morgan fingerprint density at radius 2 is 1.06 bits per heavy atom. The summed E-state index contributed by atoms with van der Waals surface area (Å²) in [7, 11) is 4.32. The molecule has 0 unspecified atom stereocenters. The summed E-state index contributed by atoms with van der Waals surface area (Å²) in [5.74, 6) is -0.210. The normalized spacial score (nSPS) is 11.5. The maximum Gasteiger partial charge on any atom is 0.338 e. The van der Waals surface area contributed by atoms with Crippen LogP contribution in [0, 0.1) is 0 Å². The van der Waals surface area contributed by atoms with Crippen LogP contribution in [-0.2, 0) is 4.74 Å². The Kier molecular flexibility index (Phi) is 12.8. The molecule has 3 aromatic carbocycles. The standard InChI is InChI=1S/C33H47NO2/c1-34(2)23-17-13-11-9-7-5-3-4-6-8-10-12-14-18-24-36-33(35)31-22-21-30-25-28-19-15-16-20-29(28)26-32(30)27-31/h15-16,19-22,25-27H,3-14,17-18,23-24H2,1-2H3. The van der Waals surface area contributed by atoms with Crippen LogP contribution in [0.1, 0.15) is 100 Å². The zero-order valence-corrected chi connectivity index (χ0v) is 22.8. The molecule has 0 aromatic heterocycles. The van der Waals surface area contributed by atoms with E-state index in [4.69, 9.17) is 4.74 Å². The zero-order chi connectivity index (χ0) is 25.4. The molecule has 0 saturated heterocycles. The molecule has 0 amide bonds. The molecule has 0 bridgehead atoms. The molecule has 36 heavy (non-hydrogen) atoms. The number of hydrogen-bond donors (Lipinski definition) is 0. The van der Waals surface area contributed by atoms with Crippen LogP contribution < -0.4 is 0 Å². The van der Waals surface area contributed by atoms with Crippen molar-refractivity contribution in [2.24, 2.45) is 0 Å². The summed E-state index contributed by atoms with van der Waals surface area (Å²) in [6.07, 6.45) is 18.5. The highest BCUT2D eigenvalue weighted by molar-refractivity contribution is 6.01. The smallest absolute Gasteiger partial charge is 0.338 e. The van der Waals surface area contributed by atoms with Gasteiger partial charge in [0.1, 0.15) is 0 Å². The Hall–Kier alpha value is -2.39. The van der Waals surface area contributed by atoms with Crippen LogP contribution in [0.5, 0.6) is 0 Å². The Morgan fingerprint density at radius 3 is 1.61 bits per heavy atom. The maximum atomic E-state index is 12.5. The predicted octanol–water partition coefficient (Wildman–Crippen LogP) is 9.17. The van der Waals surface area contributed by atoms with E-state index in [0.29, 0.717) is 12.2 Å². The highest BCUT2D eigenvalue weighted by Gasteiger charge is 2.08. The maximum absolute atomic E-state index is 12.5. The molecule has 3 rings (SSSR count). The van der Waals surface area contributed by atoms with Gasteiger partial charge in [0.2, 0.25) is 0 Å². The third-order valence-corrected chi connectivity index (χ3v) is 7.17. The zero-order valence-electron chi connectivity index (χ0n) is 22.8. The van der Waals surface area contributed by atoms with Gasteiger partial charge in [0.05, 0.1) is 12.2 Å². The third-order valence-electron chi connectivity index (χ3n) is 7.17. The summed E-state index contributed by atoms with van der Waals surface area (Å²) in [5.41, 5.74) is 0.641. The molecule has 0 aliphatic heterocycles. The van der Waals surface area contributed by atoms with Gasteiger partial charge in [-0.05, 0) is 79.3 Å². The van der Waals surface area contributed by atoms with Gasteiger partial charge in [-0.1, -0.05) is 107 Å². The highest BCUT2D eigenvalue weighted by atomic mass is 16.5. The van der Waals surface area contributed by atoms with Gasteiger partial charge in [-0.15, -0.1) is 0 Å². The summed E-state index contributed by atoms with van der Waals surface area (Å²) in [5, 5.41) is 4.64. The van der Waals surface area contributed by atoms with Crippen LogP contribution in [0.4, 0.5) is 0 Å². The van der Waals surface area contributed by atoms with E-state index < -0.39 is 0 Å². The summed E-state index contributed by atoms with van der Waals surface area (Å²) < 4.78 is 5.55. The molecule has 0 fully saturated rings. The van der Waals surface area contributed by atoms with Crippen molar-refractivity contribution >= 4 is 27.5 Å². The van der Waals surface area contributed by atoms with E-state index in [1.807, 2.05) is 24.3 Å². The fourth-order valence-electron chi connectivity index (χ4n) is 4.97. The first kappa shape index (κ1) is 28.2. The van der Waals surface area contributed by atoms with Crippen LogP contribution >= 0.6 is 0 Å². The molecule has 3 heteroatoms. The number of esters is 1. The van der Waals surface area contributed by atoms with Crippen LogP contribution in [-0.4, -0.2) is 38.1 Å².